The Morgan fingerprint density at radius 2 is 1.48 bits per heavy atom. The van der Waals surface area contributed by atoms with Crippen LogP contribution in [-0.4, -0.2) is 27.0 Å². The van der Waals surface area contributed by atoms with E-state index in [2.05, 4.69) is 29.6 Å². The van der Waals surface area contributed by atoms with Crippen molar-refractivity contribution in [3.05, 3.63) is 35.7 Å². The number of nitrogens with one attached hydrogen (secondary N) is 1. The highest BCUT2D eigenvalue weighted by Crippen LogP contribution is 2.54. The number of hydrogen-bond donors (Lipinski definition) is 2. The van der Waals surface area contributed by atoms with Crippen LogP contribution in [0, 0.1) is 0 Å². The molecule has 3 aliphatic heterocycles. The molecule has 1 atom stereocenters. The minimum absolute atomic E-state index is 0.178. The Bertz CT molecular complexity index is 929. The van der Waals surface area contributed by atoms with Crippen molar-refractivity contribution in [3.8, 4) is 11.4 Å². The molecule has 29 heavy (non-hydrogen) atoms. The SMILES string of the molecule is NC12CCCCCCC3(CC3)c3nc(nc(n3)-c3ccc(cc3)C3(CC3)C1)NC2. The molecule has 1 aromatic heterocycles. The van der Waals surface area contributed by atoms with Gasteiger partial charge in [0.1, 0.15) is 5.82 Å². The fourth-order valence-electron chi connectivity index (χ4n) is 5.71. The van der Waals surface area contributed by atoms with Crippen LogP contribution in [0.5, 0.6) is 0 Å². The summed E-state index contributed by atoms with van der Waals surface area (Å²) in [6, 6.07) is 9.00. The third-order valence-corrected chi connectivity index (χ3v) is 7.94. The monoisotopic (exact) mass is 389 g/mol. The summed E-state index contributed by atoms with van der Waals surface area (Å²) in [7, 11) is 0. The molecule has 5 nitrogen and oxygen atoms in total. The van der Waals surface area contributed by atoms with Gasteiger partial charge in [-0.3, -0.25) is 0 Å². The van der Waals surface area contributed by atoms with Gasteiger partial charge >= 0.3 is 0 Å². The van der Waals surface area contributed by atoms with Crippen LogP contribution in [0.1, 0.15) is 82.0 Å². The second-order valence-electron chi connectivity index (χ2n) is 10.3. The molecule has 2 fully saturated rings. The summed E-state index contributed by atoms with van der Waals surface area (Å²) in [4.78, 5) is 14.7. The summed E-state index contributed by atoms with van der Waals surface area (Å²) in [6.07, 6.45) is 13.3. The number of anilines is 1. The van der Waals surface area contributed by atoms with Crippen LogP contribution in [0.3, 0.4) is 0 Å². The van der Waals surface area contributed by atoms with E-state index in [9.17, 15) is 0 Å². The fraction of sp³-hybridized carbons (Fsp3) is 0.625. The Kier molecular flexibility index (Phi) is 3.83. The predicted octanol–water partition coefficient (Wildman–Crippen LogP) is 4.47. The maximum atomic E-state index is 7.09. The third kappa shape index (κ3) is 3.14. The van der Waals surface area contributed by atoms with Crippen molar-refractivity contribution in [2.75, 3.05) is 11.9 Å². The maximum Gasteiger partial charge on any atom is 0.226 e. The van der Waals surface area contributed by atoms with Crippen LogP contribution >= 0.6 is 0 Å². The van der Waals surface area contributed by atoms with Gasteiger partial charge in [0.05, 0.1) is 0 Å². The Hall–Kier alpha value is -2.01. The molecule has 1 unspecified atom stereocenters. The van der Waals surface area contributed by atoms with Gasteiger partial charge in [-0.25, -0.2) is 4.98 Å². The van der Waals surface area contributed by atoms with Gasteiger partial charge in [0, 0.05) is 23.1 Å². The van der Waals surface area contributed by atoms with E-state index < -0.39 is 0 Å². The number of fused-ring (bicyclic) bond motifs is 4. The highest BCUT2D eigenvalue weighted by molar-refractivity contribution is 5.58. The highest BCUT2D eigenvalue weighted by Gasteiger charge is 2.50. The number of hydrogen-bond acceptors (Lipinski definition) is 5. The van der Waals surface area contributed by atoms with E-state index in [1.54, 1.807) is 0 Å². The number of nitrogens with zero attached hydrogens (tertiary/aromatic N) is 3. The van der Waals surface area contributed by atoms with Crippen LogP contribution in [0.4, 0.5) is 5.95 Å². The van der Waals surface area contributed by atoms with Gasteiger partial charge in [-0.1, -0.05) is 49.9 Å². The molecular formula is C24H31N5. The Labute approximate surface area is 172 Å². The van der Waals surface area contributed by atoms with Crippen LogP contribution in [0.2, 0.25) is 0 Å². The lowest BCUT2D eigenvalue weighted by atomic mass is 9.78. The van der Waals surface area contributed by atoms with Crippen molar-refractivity contribution in [2.45, 2.75) is 87.0 Å². The summed E-state index contributed by atoms with van der Waals surface area (Å²) in [5.74, 6) is 2.50. The number of rotatable bonds is 0. The molecule has 2 aromatic rings. The minimum Gasteiger partial charge on any atom is -0.352 e. The average Bonchev–Trinajstić information content (AvgIpc) is 3.65. The molecule has 0 radical (unpaired) electrons. The van der Waals surface area contributed by atoms with Crippen LogP contribution in [-0.2, 0) is 10.8 Å². The normalized spacial score (nSPS) is 28.9. The van der Waals surface area contributed by atoms with E-state index in [0.717, 1.165) is 36.6 Å². The largest absolute Gasteiger partial charge is 0.352 e. The standard InChI is InChI=1S/C24H31N5/c25-24-10-4-2-1-3-9-22(11-12-22)20-27-19(28-21(29-20)26-16-24)17-5-7-18(8-6-17)23(15-24)13-14-23/h5-8H,1-4,9-16,25H2,(H,26,27,28,29). The molecule has 3 N–H and O–H groups in total. The summed E-state index contributed by atoms with van der Waals surface area (Å²) < 4.78 is 0. The lowest BCUT2D eigenvalue weighted by Gasteiger charge is -2.34. The topological polar surface area (TPSA) is 76.7 Å². The van der Waals surface area contributed by atoms with Crippen molar-refractivity contribution in [1.82, 2.24) is 15.0 Å². The molecule has 5 aliphatic rings. The van der Waals surface area contributed by atoms with Gasteiger partial charge in [-0.2, -0.15) is 9.97 Å². The molecule has 5 heteroatoms. The highest BCUT2D eigenvalue weighted by atomic mass is 15.2. The third-order valence-electron chi connectivity index (χ3n) is 7.94. The van der Waals surface area contributed by atoms with Crippen molar-refractivity contribution in [2.24, 2.45) is 5.73 Å². The molecule has 2 aliphatic carbocycles. The zero-order valence-corrected chi connectivity index (χ0v) is 17.2. The van der Waals surface area contributed by atoms with E-state index in [1.807, 2.05) is 0 Å². The number of aromatic nitrogens is 3. The number of nitrogens with two attached hydrogens (primary N) is 1. The summed E-state index contributed by atoms with van der Waals surface area (Å²) >= 11 is 0. The van der Waals surface area contributed by atoms with E-state index in [0.29, 0.717) is 5.95 Å². The molecule has 0 saturated heterocycles. The van der Waals surface area contributed by atoms with Crippen molar-refractivity contribution in [1.29, 1.82) is 0 Å². The van der Waals surface area contributed by atoms with Crippen molar-refractivity contribution >= 4 is 5.95 Å². The molecule has 2 saturated carbocycles. The number of benzene rings is 1. The Morgan fingerprint density at radius 3 is 2.21 bits per heavy atom. The molecule has 0 amide bonds. The zero-order chi connectivity index (χ0) is 19.5. The lowest BCUT2D eigenvalue weighted by molar-refractivity contribution is 0.329. The van der Waals surface area contributed by atoms with E-state index in [4.69, 9.17) is 20.7 Å². The first-order valence-electron chi connectivity index (χ1n) is 11.5. The zero-order valence-electron chi connectivity index (χ0n) is 17.2. The molecule has 4 heterocycles. The van der Waals surface area contributed by atoms with Gasteiger partial charge in [-0.05, 0) is 55.9 Å². The summed E-state index contributed by atoms with van der Waals surface area (Å²) in [5, 5.41) is 3.55. The first-order chi connectivity index (χ1) is 14.1. The van der Waals surface area contributed by atoms with Crippen molar-refractivity contribution in [3.63, 3.8) is 0 Å². The summed E-state index contributed by atoms with van der Waals surface area (Å²) in [6.45, 7) is 0.737. The van der Waals surface area contributed by atoms with E-state index >= 15 is 0 Å². The molecule has 152 valence electrons. The first-order valence-corrected chi connectivity index (χ1v) is 11.5. The second-order valence-corrected chi connectivity index (χ2v) is 10.3. The first kappa shape index (κ1) is 17.8. The van der Waals surface area contributed by atoms with E-state index in [1.165, 1.54) is 63.4 Å². The molecular weight excluding hydrogens is 358 g/mol. The molecule has 7 rings (SSSR count). The van der Waals surface area contributed by atoms with Crippen LogP contribution in [0.15, 0.2) is 24.3 Å². The Balaban J connectivity index is 1.51. The maximum absolute atomic E-state index is 7.09. The van der Waals surface area contributed by atoms with Gasteiger partial charge in [0.15, 0.2) is 5.82 Å². The lowest BCUT2D eigenvalue weighted by Crippen LogP contribution is -2.49. The van der Waals surface area contributed by atoms with Crippen LogP contribution in [0.25, 0.3) is 11.4 Å². The predicted molar refractivity (Wildman–Crippen MR) is 115 cm³/mol. The fourth-order valence-corrected chi connectivity index (χ4v) is 5.71. The summed E-state index contributed by atoms with van der Waals surface area (Å²) in [5.41, 5.74) is 9.83. The molecule has 2 spiro atoms. The molecule has 6 bridgehead atoms. The molecule has 1 aromatic carbocycles. The van der Waals surface area contributed by atoms with Crippen LogP contribution < -0.4 is 11.1 Å². The van der Waals surface area contributed by atoms with Gasteiger partial charge in [-0.15, -0.1) is 0 Å². The average molecular weight is 390 g/mol. The van der Waals surface area contributed by atoms with Gasteiger partial charge < -0.3 is 11.1 Å². The van der Waals surface area contributed by atoms with Gasteiger partial charge in [0.25, 0.3) is 0 Å². The Morgan fingerprint density at radius 1 is 0.759 bits per heavy atom. The van der Waals surface area contributed by atoms with Gasteiger partial charge in [0.2, 0.25) is 5.95 Å². The quantitative estimate of drug-likeness (QED) is 0.695. The van der Waals surface area contributed by atoms with Crippen molar-refractivity contribution < 1.29 is 0 Å². The van der Waals surface area contributed by atoms with E-state index in [-0.39, 0.29) is 16.4 Å². The minimum atomic E-state index is -0.230. The second kappa shape index (κ2) is 6.24. The smallest absolute Gasteiger partial charge is 0.226 e.